The fourth-order valence-electron chi connectivity index (χ4n) is 4.43. The number of nitrogens with one attached hydrogen (secondary N) is 1. The molecule has 2 unspecified atom stereocenters. The number of nitrogens with zero attached hydrogens (tertiary/aromatic N) is 1. The number of carboxylic acid groups (broad SMARTS) is 1. The van der Waals surface area contributed by atoms with Crippen LogP contribution in [0, 0.1) is 17.8 Å². The summed E-state index contributed by atoms with van der Waals surface area (Å²) in [5.41, 5.74) is 0.633. The summed E-state index contributed by atoms with van der Waals surface area (Å²) in [6.07, 6.45) is 3.80. The lowest BCUT2D eigenvalue weighted by atomic mass is 9.79. The van der Waals surface area contributed by atoms with Gasteiger partial charge < -0.3 is 10.4 Å². The van der Waals surface area contributed by atoms with Gasteiger partial charge in [-0.3, -0.25) is 24.1 Å². The van der Waals surface area contributed by atoms with Gasteiger partial charge in [-0.15, -0.1) is 0 Å². The lowest BCUT2D eigenvalue weighted by molar-refractivity contribution is -0.145. The maximum atomic E-state index is 13.1. The number of hydrogen-bond donors (Lipinski definition) is 2. The molecular formula is C22H28N2O5. The van der Waals surface area contributed by atoms with E-state index in [0.717, 1.165) is 24.2 Å². The second-order valence-corrected chi connectivity index (χ2v) is 8.09. The zero-order valence-electron chi connectivity index (χ0n) is 16.9. The number of imide groups is 1. The summed E-state index contributed by atoms with van der Waals surface area (Å²) in [5.74, 6) is -2.96. The summed E-state index contributed by atoms with van der Waals surface area (Å²) in [6.45, 7) is 3.99. The molecule has 156 valence electrons. The van der Waals surface area contributed by atoms with E-state index in [2.05, 4.69) is 5.32 Å². The Morgan fingerprint density at radius 3 is 2.28 bits per heavy atom. The van der Waals surface area contributed by atoms with Crippen molar-refractivity contribution < 1.29 is 24.3 Å². The topological polar surface area (TPSA) is 104 Å². The number of fused-ring (bicyclic) bond motifs is 1. The van der Waals surface area contributed by atoms with Crippen molar-refractivity contribution in [3.63, 3.8) is 0 Å². The summed E-state index contributed by atoms with van der Waals surface area (Å²) >= 11 is 0. The molecule has 0 radical (unpaired) electrons. The third kappa shape index (κ3) is 4.04. The van der Waals surface area contributed by atoms with E-state index in [1.54, 1.807) is 24.3 Å². The number of hydrogen-bond acceptors (Lipinski definition) is 4. The molecular weight excluding hydrogens is 372 g/mol. The van der Waals surface area contributed by atoms with Crippen LogP contribution in [0.5, 0.6) is 0 Å². The van der Waals surface area contributed by atoms with Crippen LogP contribution >= 0.6 is 0 Å². The first-order valence-electron chi connectivity index (χ1n) is 10.3. The van der Waals surface area contributed by atoms with Crippen molar-refractivity contribution in [3.05, 3.63) is 35.4 Å². The third-order valence-corrected chi connectivity index (χ3v) is 6.32. The molecule has 1 aromatic rings. The van der Waals surface area contributed by atoms with Gasteiger partial charge in [0.25, 0.3) is 11.8 Å². The van der Waals surface area contributed by atoms with Crippen LogP contribution in [0.1, 0.15) is 66.7 Å². The zero-order chi connectivity index (χ0) is 21.1. The minimum absolute atomic E-state index is 0.134. The number of carbonyl (C=O) groups excluding carboxylic acids is 3. The van der Waals surface area contributed by atoms with Gasteiger partial charge in [-0.2, -0.15) is 0 Å². The van der Waals surface area contributed by atoms with Crippen LogP contribution in [0.2, 0.25) is 0 Å². The van der Waals surface area contributed by atoms with Crippen LogP contribution in [0.25, 0.3) is 0 Å². The Morgan fingerprint density at radius 1 is 1.14 bits per heavy atom. The molecule has 3 amide bonds. The molecule has 1 aliphatic heterocycles. The Bertz CT molecular complexity index is 786. The second kappa shape index (κ2) is 8.76. The molecule has 4 atom stereocenters. The molecule has 0 saturated heterocycles. The highest BCUT2D eigenvalue weighted by molar-refractivity contribution is 6.22. The van der Waals surface area contributed by atoms with Crippen molar-refractivity contribution in [2.24, 2.45) is 17.8 Å². The second-order valence-electron chi connectivity index (χ2n) is 8.09. The molecule has 2 aliphatic rings. The molecule has 1 fully saturated rings. The number of carboxylic acids is 1. The SMILES string of the molecule is CCC(C)C(C(=O)NC[C@@H]1CCCC[C@@H]1C(=O)O)N1C(=O)c2ccccc2C1=O. The number of benzene rings is 1. The van der Waals surface area contributed by atoms with Crippen molar-refractivity contribution in [3.8, 4) is 0 Å². The van der Waals surface area contributed by atoms with Gasteiger partial charge in [0.15, 0.2) is 0 Å². The Kier molecular flexibility index (Phi) is 6.35. The zero-order valence-corrected chi connectivity index (χ0v) is 16.9. The van der Waals surface area contributed by atoms with Gasteiger partial charge in [-0.25, -0.2) is 0 Å². The van der Waals surface area contributed by atoms with E-state index >= 15 is 0 Å². The highest BCUT2D eigenvalue weighted by atomic mass is 16.4. The fraction of sp³-hybridized carbons (Fsp3) is 0.545. The molecule has 1 saturated carbocycles. The molecule has 0 spiro atoms. The predicted octanol–water partition coefficient (Wildman–Crippen LogP) is 2.70. The van der Waals surface area contributed by atoms with Crippen LogP contribution in [0.15, 0.2) is 24.3 Å². The molecule has 3 rings (SSSR count). The van der Waals surface area contributed by atoms with Gasteiger partial charge in [0.2, 0.25) is 5.91 Å². The van der Waals surface area contributed by atoms with Crippen LogP contribution < -0.4 is 5.32 Å². The summed E-state index contributed by atoms with van der Waals surface area (Å²) in [6, 6.07) is 5.67. The van der Waals surface area contributed by atoms with Gasteiger partial charge in [-0.05, 0) is 36.8 Å². The predicted molar refractivity (Wildman–Crippen MR) is 106 cm³/mol. The summed E-state index contributed by atoms with van der Waals surface area (Å²) in [7, 11) is 0. The van der Waals surface area contributed by atoms with Gasteiger partial charge in [0.05, 0.1) is 17.0 Å². The smallest absolute Gasteiger partial charge is 0.306 e. The number of rotatable bonds is 7. The molecule has 0 bridgehead atoms. The van der Waals surface area contributed by atoms with E-state index in [4.69, 9.17) is 0 Å². The Labute approximate surface area is 170 Å². The molecule has 1 aromatic carbocycles. The van der Waals surface area contributed by atoms with Gasteiger partial charge in [0.1, 0.15) is 6.04 Å². The summed E-state index contributed by atoms with van der Waals surface area (Å²) < 4.78 is 0. The summed E-state index contributed by atoms with van der Waals surface area (Å²) in [5, 5.41) is 12.3. The Hall–Kier alpha value is -2.70. The normalized spacial score (nSPS) is 23.4. The minimum atomic E-state index is -0.917. The van der Waals surface area contributed by atoms with E-state index in [0.29, 0.717) is 24.0 Å². The van der Waals surface area contributed by atoms with Crippen LogP contribution in [-0.4, -0.2) is 46.3 Å². The van der Waals surface area contributed by atoms with Crippen molar-refractivity contribution in [1.82, 2.24) is 10.2 Å². The largest absolute Gasteiger partial charge is 0.481 e. The first-order valence-corrected chi connectivity index (χ1v) is 10.3. The Balaban J connectivity index is 1.77. The van der Waals surface area contributed by atoms with Crippen molar-refractivity contribution in [2.45, 2.75) is 52.0 Å². The standard InChI is InChI=1S/C22H28N2O5/c1-3-13(2)18(24-20(26)16-10-6-7-11-17(16)21(24)27)19(25)23-12-14-8-4-5-9-15(14)22(28)29/h6-7,10-11,13-15,18H,3-5,8-9,12H2,1-2H3,(H,23,25)(H,28,29)/t13?,14-,15-,18?/m0/s1. The van der Waals surface area contributed by atoms with Crippen molar-refractivity contribution in [2.75, 3.05) is 6.54 Å². The number of amides is 3. The first-order chi connectivity index (χ1) is 13.9. The van der Waals surface area contributed by atoms with Crippen LogP contribution in [0.3, 0.4) is 0 Å². The average Bonchev–Trinajstić information content (AvgIpc) is 2.98. The maximum absolute atomic E-state index is 13.1. The van der Waals surface area contributed by atoms with E-state index < -0.39 is 35.7 Å². The quantitative estimate of drug-likeness (QED) is 0.685. The maximum Gasteiger partial charge on any atom is 0.306 e. The lowest BCUT2D eigenvalue weighted by Crippen LogP contribution is -2.53. The molecule has 1 aliphatic carbocycles. The van der Waals surface area contributed by atoms with Crippen LogP contribution in [0.4, 0.5) is 0 Å². The molecule has 7 nitrogen and oxygen atoms in total. The third-order valence-electron chi connectivity index (χ3n) is 6.32. The Morgan fingerprint density at radius 2 is 1.72 bits per heavy atom. The van der Waals surface area contributed by atoms with Gasteiger partial charge in [0, 0.05) is 6.54 Å². The molecule has 2 N–H and O–H groups in total. The first kappa shape index (κ1) is 21.0. The highest BCUT2D eigenvalue weighted by Crippen LogP contribution is 2.31. The van der Waals surface area contributed by atoms with Crippen molar-refractivity contribution >= 4 is 23.7 Å². The van der Waals surface area contributed by atoms with Crippen molar-refractivity contribution in [1.29, 1.82) is 0 Å². The van der Waals surface area contributed by atoms with E-state index in [1.807, 2.05) is 13.8 Å². The van der Waals surface area contributed by atoms with Gasteiger partial charge in [-0.1, -0.05) is 45.2 Å². The van der Waals surface area contributed by atoms with E-state index in [-0.39, 0.29) is 18.4 Å². The average molecular weight is 400 g/mol. The molecule has 29 heavy (non-hydrogen) atoms. The minimum Gasteiger partial charge on any atom is -0.481 e. The molecule has 7 heteroatoms. The molecule has 0 aromatic heterocycles. The fourth-order valence-corrected chi connectivity index (χ4v) is 4.43. The monoisotopic (exact) mass is 400 g/mol. The van der Waals surface area contributed by atoms with E-state index in [1.165, 1.54) is 0 Å². The summed E-state index contributed by atoms with van der Waals surface area (Å²) in [4.78, 5) is 51.4. The number of aliphatic carboxylic acids is 1. The van der Waals surface area contributed by atoms with E-state index in [9.17, 15) is 24.3 Å². The number of carbonyl (C=O) groups is 4. The molecule has 1 heterocycles. The van der Waals surface area contributed by atoms with Gasteiger partial charge >= 0.3 is 5.97 Å². The highest BCUT2D eigenvalue weighted by Gasteiger charge is 2.44. The van der Waals surface area contributed by atoms with Crippen LogP contribution in [-0.2, 0) is 9.59 Å². The lowest BCUT2D eigenvalue weighted by Gasteiger charge is -2.32.